The zero-order valence-electron chi connectivity index (χ0n) is 22.0. The number of para-hydroxylation sites is 1. The number of hydrogen-bond acceptors (Lipinski definition) is 6. The van der Waals surface area contributed by atoms with Crippen molar-refractivity contribution in [2.75, 3.05) is 25.6 Å². The smallest absolute Gasteiger partial charge is 0.272 e. The maximum Gasteiger partial charge on any atom is 0.272 e. The highest BCUT2D eigenvalue weighted by atomic mass is 16.5. The van der Waals surface area contributed by atoms with E-state index in [1.165, 1.54) is 16.1 Å². The quantitative estimate of drug-likeness (QED) is 0.523. The summed E-state index contributed by atoms with van der Waals surface area (Å²) >= 11 is 0. The van der Waals surface area contributed by atoms with E-state index in [1.54, 1.807) is 38.4 Å². The van der Waals surface area contributed by atoms with Gasteiger partial charge in [0.25, 0.3) is 23.3 Å². The Bertz CT molecular complexity index is 1580. The lowest BCUT2D eigenvalue weighted by Crippen LogP contribution is -2.46. The van der Waals surface area contributed by atoms with Crippen LogP contribution in [0, 0.1) is 0 Å². The van der Waals surface area contributed by atoms with Gasteiger partial charge in [-0.25, -0.2) is 4.98 Å². The molecule has 0 atom stereocenters. The third-order valence-corrected chi connectivity index (χ3v) is 6.53. The standard InChI is InChI=1S/C28H29N5O5/c1-16(26(36)32(7)28(3,4)5)30-25(35)17(2)33-15-29-24-19(9-8-10-20(24)27(33)37)18-11-12-22-21(13-18)31(6)23(34)14-38-22/h8-13,15H,1-2,14H2,3-7H3,(H,30,35). The summed E-state index contributed by atoms with van der Waals surface area (Å²) in [4.78, 5) is 58.3. The molecular formula is C28H29N5O5. The molecule has 0 saturated heterocycles. The van der Waals surface area contributed by atoms with Crippen LogP contribution in [0.2, 0.25) is 0 Å². The molecule has 2 heterocycles. The van der Waals surface area contributed by atoms with Gasteiger partial charge in [-0.15, -0.1) is 0 Å². The zero-order valence-corrected chi connectivity index (χ0v) is 22.0. The first-order valence-electron chi connectivity index (χ1n) is 11.8. The molecule has 0 unspecified atom stereocenters. The van der Waals surface area contributed by atoms with E-state index in [-0.39, 0.29) is 29.3 Å². The van der Waals surface area contributed by atoms with Crippen molar-refractivity contribution in [3.63, 3.8) is 0 Å². The molecule has 2 aromatic carbocycles. The number of aromatic nitrogens is 2. The fraction of sp³-hybridized carbons (Fsp3) is 0.250. The Morgan fingerprint density at radius 1 is 1.13 bits per heavy atom. The minimum atomic E-state index is -0.757. The summed E-state index contributed by atoms with van der Waals surface area (Å²) in [6, 6.07) is 10.5. The summed E-state index contributed by atoms with van der Waals surface area (Å²) in [5.74, 6) is -0.801. The van der Waals surface area contributed by atoms with Crippen LogP contribution in [0.1, 0.15) is 20.8 Å². The van der Waals surface area contributed by atoms with Gasteiger partial charge in [-0.05, 0) is 44.5 Å². The largest absolute Gasteiger partial charge is 0.482 e. The molecule has 1 aromatic heterocycles. The Morgan fingerprint density at radius 2 is 1.84 bits per heavy atom. The van der Waals surface area contributed by atoms with E-state index in [0.29, 0.717) is 22.5 Å². The predicted molar refractivity (Wildman–Crippen MR) is 145 cm³/mol. The molecule has 1 aliphatic rings. The molecule has 0 bridgehead atoms. The lowest BCUT2D eigenvalue weighted by molar-refractivity contribution is -0.131. The van der Waals surface area contributed by atoms with Gasteiger partial charge >= 0.3 is 0 Å². The number of carbonyl (C=O) groups excluding carboxylic acids is 3. The van der Waals surface area contributed by atoms with E-state index in [2.05, 4.69) is 23.5 Å². The number of rotatable bonds is 5. The molecule has 0 spiro atoms. The second-order valence-electron chi connectivity index (χ2n) is 9.96. The average Bonchev–Trinajstić information content (AvgIpc) is 2.88. The van der Waals surface area contributed by atoms with Gasteiger partial charge in [0.1, 0.15) is 17.8 Å². The molecule has 0 fully saturated rings. The molecule has 3 aromatic rings. The monoisotopic (exact) mass is 515 g/mol. The minimum absolute atomic E-state index is 0.0233. The van der Waals surface area contributed by atoms with Gasteiger partial charge < -0.3 is 19.9 Å². The van der Waals surface area contributed by atoms with Crippen molar-refractivity contribution in [2.24, 2.45) is 0 Å². The normalized spacial score (nSPS) is 13.0. The first-order chi connectivity index (χ1) is 17.8. The van der Waals surface area contributed by atoms with E-state index in [1.807, 2.05) is 32.9 Å². The summed E-state index contributed by atoms with van der Waals surface area (Å²) in [5, 5.41) is 2.69. The number of amides is 3. The molecule has 10 nitrogen and oxygen atoms in total. The Hall–Kier alpha value is -4.73. The van der Waals surface area contributed by atoms with Crippen molar-refractivity contribution in [2.45, 2.75) is 26.3 Å². The van der Waals surface area contributed by atoms with Crippen LogP contribution < -0.4 is 20.5 Å². The third-order valence-electron chi connectivity index (χ3n) is 6.53. The number of ether oxygens (including phenoxy) is 1. The van der Waals surface area contributed by atoms with Crippen LogP contribution in [-0.2, 0) is 14.4 Å². The van der Waals surface area contributed by atoms with Crippen LogP contribution in [-0.4, -0.2) is 58.4 Å². The van der Waals surface area contributed by atoms with Crippen molar-refractivity contribution in [3.8, 4) is 16.9 Å². The Kier molecular flexibility index (Phi) is 6.67. The molecule has 1 N–H and O–H groups in total. The molecule has 0 saturated carbocycles. The number of nitrogens with one attached hydrogen (secondary N) is 1. The topological polar surface area (TPSA) is 114 Å². The zero-order chi connectivity index (χ0) is 27.9. The van der Waals surface area contributed by atoms with Gasteiger partial charge in [-0.2, -0.15) is 0 Å². The number of benzene rings is 2. The molecule has 196 valence electrons. The molecule has 0 radical (unpaired) electrons. The Morgan fingerprint density at radius 3 is 2.53 bits per heavy atom. The number of fused-ring (bicyclic) bond motifs is 2. The van der Waals surface area contributed by atoms with E-state index in [0.717, 1.165) is 10.1 Å². The SMILES string of the molecule is C=C(NC(=O)C(=C)n1cnc2c(-c3ccc4c(c3)N(C)C(=O)CO4)cccc2c1=O)C(=O)N(C)C(C)(C)C. The molecule has 3 amide bonds. The fourth-order valence-electron chi connectivity index (χ4n) is 3.90. The molecular weight excluding hydrogens is 486 g/mol. The highest BCUT2D eigenvalue weighted by Crippen LogP contribution is 2.36. The minimum Gasteiger partial charge on any atom is -0.482 e. The van der Waals surface area contributed by atoms with Gasteiger partial charge in [0.15, 0.2) is 6.61 Å². The maximum absolute atomic E-state index is 13.4. The van der Waals surface area contributed by atoms with Crippen molar-refractivity contribution in [1.29, 1.82) is 0 Å². The van der Waals surface area contributed by atoms with Crippen LogP contribution in [0.4, 0.5) is 5.69 Å². The van der Waals surface area contributed by atoms with Gasteiger partial charge in [-0.3, -0.25) is 23.7 Å². The van der Waals surface area contributed by atoms with Crippen molar-refractivity contribution in [3.05, 3.63) is 71.9 Å². The van der Waals surface area contributed by atoms with Crippen LogP contribution in [0.15, 0.2) is 66.4 Å². The van der Waals surface area contributed by atoms with E-state index < -0.39 is 22.9 Å². The fourth-order valence-corrected chi connectivity index (χ4v) is 3.90. The average molecular weight is 516 g/mol. The highest BCUT2D eigenvalue weighted by molar-refractivity contribution is 6.15. The number of likely N-dealkylation sites (N-methyl/N-ethyl adjacent to an activating group) is 2. The van der Waals surface area contributed by atoms with Crippen LogP contribution >= 0.6 is 0 Å². The Labute approximate surface area is 219 Å². The van der Waals surface area contributed by atoms with E-state index in [9.17, 15) is 19.2 Å². The van der Waals surface area contributed by atoms with E-state index in [4.69, 9.17) is 4.74 Å². The number of hydrogen-bond donors (Lipinski definition) is 1. The summed E-state index contributed by atoms with van der Waals surface area (Å²) in [5.41, 5.74) is 1.09. The number of carbonyl (C=O) groups is 3. The van der Waals surface area contributed by atoms with Crippen molar-refractivity contribution >= 4 is 40.0 Å². The number of anilines is 1. The maximum atomic E-state index is 13.4. The summed E-state index contributed by atoms with van der Waals surface area (Å²) in [6.07, 6.45) is 1.22. The molecule has 4 rings (SSSR count). The first-order valence-corrected chi connectivity index (χ1v) is 11.8. The molecule has 1 aliphatic heterocycles. The molecule has 10 heteroatoms. The van der Waals surface area contributed by atoms with Gasteiger partial charge in [0.2, 0.25) is 0 Å². The van der Waals surface area contributed by atoms with Crippen LogP contribution in [0.3, 0.4) is 0 Å². The second kappa shape index (κ2) is 9.62. The molecule has 0 aliphatic carbocycles. The van der Waals surface area contributed by atoms with Gasteiger partial charge in [0.05, 0.1) is 22.3 Å². The van der Waals surface area contributed by atoms with Gasteiger partial charge in [-0.1, -0.05) is 31.4 Å². The predicted octanol–water partition coefficient (Wildman–Crippen LogP) is 2.78. The Balaban J connectivity index is 1.65. The lowest BCUT2D eigenvalue weighted by atomic mass is 10.0. The van der Waals surface area contributed by atoms with Crippen molar-refractivity contribution in [1.82, 2.24) is 19.8 Å². The van der Waals surface area contributed by atoms with Crippen LogP contribution in [0.25, 0.3) is 27.7 Å². The summed E-state index contributed by atoms with van der Waals surface area (Å²) in [7, 11) is 3.28. The van der Waals surface area contributed by atoms with Crippen molar-refractivity contribution < 1.29 is 19.1 Å². The first kappa shape index (κ1) is 26.3. The summed E-state index contributed by atoms with van der Waals surface area (Å²) in [6.45, 7) is 12.9. The second-order valence-corrected chi connectivity index (χ2v) is 9.96. The van der Waals surface area contributed by atoms with Gasteiger partial charge in [0, 0.05) is 25.2 Å². The lowest BCUT2D eigenvalue weighted by Gasteiger charge is -2.32. The number of nitrogens with zero attached hydrogens (tertiary/aromatic N) is 4. The van der Waals surface area contributed by atoms with Crippen LogP contribution in [0.5, 0.6) is 5.75 Å². The molecule has 38 heavy (non-hydrogen) atoms. The summed E-state index contributed by atoms with van der Waals surface area (Å²) < 4.78 is 6.53. The van der Waals surface area contributed by atoms with E-state index >= 15 is 0 Å². The highest BCUT2D eigenvalue weighted by Gasteiger charge is 2.26. The third kappa shape index (κ3) is 4.68.